The highest BCUT2D eigenvalue weighted by atomic mass is 35.5. The first-order chi connectivity index (χ1) is 10.2. The average Bonchev–Trinajstić information content (AvgIpc) is 2.65. The van der Waals surface area contributed by atoms with E-state index in [1.165, 1.54) is 4.90 Å². The largest absolute Gasteiger partial charge is 1.00 e. The highest BCUT2D eigenvalue weighted by molar-refractivity contribution is 6.31. The summed E-state index contributed by atoms with van der Waals surface area (Å²) >= 11 is 6.13. The van der Waals surface area contributed by atoms with Crippen LogP contribution in [0.2, 0.25) is 5.02 Å². The summed E-state index contributed by atoms with van der Waals surface area (Å²) < 4.78 is 0. The topological polar surface area (TPSA) is 28.8 Å². The lowest BCUT2D eigenvalue weighted by Gasteiger charge is -2.17. The number of halogens is 2. The van der Waals surface area contributed by atoms with E-state index in [0.717, 1.165) is 41.6 Å². The molecule has 2 aromatic carbocycles. The van der Waals surface area contributed by atoms with E-state index >= 15 is 0 Å². The third-order valence-corrected chi connectivity index (χ3v) is 4.07. The van der Waals surface area contributed by atoms with Crippen molar-refractivity contribution in [2.75, 3.05) is 18.4 Å². The molecule has 0 saturated heterocycles. The standard InChI is InChI=1S/C17H18ClN3.ClH/c1-3-21(4-2)17-13-7-5-6-8-14(13)19-15-10-9-12(18)11-16(15)20-17;/h5-11,19H,3-4H2,1-2H3;1H. The number of aliphatic imine (C=N–C) groups is 1. The molecule has 2 aromatic rings. The van der Waals surface area contributed by atoms with Crippen LogP contribution in [0.25, 0.3) is 0 Å². The first-order valence-corrected chi connectivity index (χ1v) is 7.70. The Bertz CT molecular complexity index is 694. The van der Waals surface area contributed by atoms with Gasteiger partial charge in [0.1, 0.15) is 0 Å². The molecule has 2 N–H and O–H groups in total. The molecule has 3 rings (SSSR count). The molecule has 1 aliphatic heterocycles. The zero-order chi connectivity index (χ0) is 14.8. The Morgan fingerprint density at radius 3 is 2.50 bits per heavy atom. The van der Waals surface area contributed by atoms with Crippen molar-refractivity contribution < 1.29 is 17.3 Å². The fourth-order valence-electron chi connectivity index (χ4n) is 2.68. The molecule has 0 atom stereocenters. The van der Waals surface area contributed by atoms with Gasteiger partial charge in [0.15, 0.2) is 0 Å². The molecule has 1 heterocycles. The predicted molar refractivity (Wildman–Crippen MR) is 89.4 cm³/mol. The van der Waals surface area contributed by atoms with Crippen molar-refractivity contribution in [1.29, 1.82) is 0 Å². The lowest BCUT2D eigenvalue weighted by Crippen LogP contribution is -3.14. The van der Waals surface area contributed by atoms with Gasteiger partial charge in [-0.05, 0) is 44.2 Å². The molecule has 0 bridgehead atoms. The van der Waals surface area contributed by atoms with Crippen molar-refractivity contribution in [1.82, 2.24) is 0 Å². The number of anilines is 2. The second kappa shape index (κ2) is 7.14. The quantitative estimate of drug-likeness (QED) is 0.817. The van der Waals surface area contributed by atoms with Crippen LogP contribution >= 0.6 is 11.6 Å². The summed E-state index contributed by atoms with van der Waals surface area (Å²) in [7, 11) is 0. The third kappa shape index (κ3) is 3.12. The van der Waals surface area contributed by atoms with Crippen molar-refractivity contribution >= 4 is 34.5 Å². The van der Waals surface area contributed by atoms with Gasteiger partial charge < -0.3 is 17.7 Å². The number of benzene rings is 2. The van der Waals surface area contributed by atoms with Crippen LogP contribution in [-0.2, 0) is 0 Å². The molecular weight excluding hydrogens is 317 g/mol. The van der Waals surface area contributed by atoms with E-state index in [1.807, 2.05) is 24.3 Å². The molecule has 0 spiro atoms. The highest BCUT2D eigenvalue weighted by Crippen LogP contribution is 2.34. The number of quaternary nitrogens is 1. The molecule has 0 saturated carbocycles. The zero-order valence-electron chi connectivity index (χ0n) is 12.7. The monoisotopic (exact) mass is 335 g/mol. The predicted octanol–water partition coefficient (Wildman–Crippen LogP) is 0.404. The van der Waals surface area contributed by atoms with Crippen molar-refractivity contribution in [3.05, 3.63) is 53.1 Å². The number of rotatable bonds is 2. The summed E-state index contributed by atoms with van der Waals surface area (Å²) in [6, 6.07) is 14.1. The Balaban J connectivity index is 0.00000176. The normalized spacial score (nSPS) is 12.5. The van der Waals surface area contributed by atoms with Gasteiger partial charge in [0.05, 0.1) is 35.7 Å². The number of nitrogens with one attached hydrogen (secondary N) is 2. The van der Waals surface area contributed by atoms with Crippen LogP contribution in [0.3, 0.4) is 0 Å². The van der Waals surface area contributed by atoms with Gasteiger partial charge in [-0.2, -0.15) is 4.99 Å². The molecule has 0 fully saturated rings. The van der Waals surface area contributed by atoms with E-state index < -0.39 is 0 Å². The lowest BCUT2D eigenvalue weighted by atomic mass is 10.1. The van der Waals surface area contributed by atoms with Crippen molar-refractivity contribution in [3.63, 3.8) is 0 Å². The molecule has 5 heteroatoms. The molecule has 0 amide bonds. The molecule has 116 valence electrons. The van der Waals surface area contributed by atoms with E-state index in [9.17, 15) is 0 Å². The number of amidine groups is 1. The summed E-state index contributed by atoms with van der Waals surface area (Å²) in [6.07, 6.45) is 0. The fraction of sp³-hybridized carbons (Fsp3) is 0.235. The molecular formula is C17H19Cl2N3. The van der Waals surface area contributed by atoms with Crippen molar-refractivity contribution in [2.45, 2.75) is 13.8 Å². The van der Waals surface area contributed by atoms with Crippen LogP contribution < -0.4 is 22.6 Å². The maximum atomic E-state index is 6.13. The summed E-state index contributed by atoms with van der Waals surface area (Å²) in [6.45, 7) is 6.36. The van der Waals surface area contributed by atoms with E-state index in [-0.39, 0.29) is 12.4 Å². The smallest absolute Gasteiger partial charge is 0.235 e. The number of nitrogens with zero attached hydrogens (tertiary/aromatic N) is 1. The molecule has 0 aromatic heterocycles. The lowest BCUT2D eigenvalue weighted by molar-refractivity contribution is -0.800. The van der Waals surface area contributed by atoms with Crippen LogP contribution in [0.15, 0.2) is 47.5 Å². The minimum Gasteiger partial charge on any atom is -1.00 e. The van der Waals surface area contributed by atoms with Gasteiger partial charge in [0, 0.05) is 5.02 Å². The fourth-order valence-corrected chi connectivity index (χ4v) is 2.85. The highest BCUT2D eigenvalue weighted by Gasteiger charge is 2.23. The Labute approximate surface area is 142 Å². The summed E-state index contributed by atoms with van der Waals surface area (Å²) in [5, 5.41) is 4.18. The molecule has 1 aliphatic rings. The first-order valence-electron chi connectivity index (χ1n) is 7.32. The summed E-state index contributed by atoms with van der Waals surface area (Å²) in [4.78, 5) is 6.27. The van der Waals surface area contributed by atoms with Gasteiger partial charge in [-0.1, -0.05) is 23.7 Å². The minimum atomic E-state index is 0. The van der Waals surface area contributed by atoms with Gasteiger partial charge in [-0.15, -0.1) is 0 Å². The Hall–Kier alpha value is -1.55. The molecule has 0 unspecified atom stereocenters. The first kappa shape index (κ1) is 16.8. The Morgan fingerprint density at radius 1 is 1.05 bits per heavy atom. The molecule has 0 aliphatic carbocycles. The minimum absolute atomic E-state index is 0. The zero-order valence-corrected chi connectivity index (χ0v) is 14.2. The number of fused-ring (bicyclic) bond motifs is 2. The number of hydrogen-bond donors (Lipinski definition) is 2. The third-order valence-electron chi connectivity index (χ3n) is 3.83. The summed E-state index contributed by atoms with van der Waals surface area (Å²) in [5.41, 5.74) is 4.14. The maximum absolute atomic E-state index is 6.13. The van der Waals surface area contributed by atoms with E-state index in [2.05, 4.69) is 37.4 Å². The Morgan fingerprint density at radius 2 is 1.77 bits per heavy atom. The van der Waals surface area contributed by atoms with Gasteiger partial charge in [0.2, 0.25) is 5.84 Å². The van der Waals surface area contributed by atoms with Gasteiger partial charge in [-0.25, -0.2) is 0 Å². The average molecular weight is 336 g/mol. The van der Waals surface area contributed by atoms with Crippen LogP contribution in [0, 0.1) is 0 Å². The number of para-hydroxylation sites is 1. The Kier molecular flexibility index (Phi) is 5.46. The SMILES string of the molecule is CC[NH+](CC)C1=Nc2cc(Cl)ccc2Nc2ccccc21.[Cl-]. The molecule has 22 heavy (non-hydrogen) atoms. The van der Waals surface area contributed by atoms with Gasteiger partial charge in [0.25, 0.3) is 0 Å². The van der Waals surface area contributed by atoms with Crippen LogP contribution in [0.1, 0.15) is 19.4 Å². The summed E-state index contributed by atoms with van der Waals surface area (Å²) in [5.74, 6) is 1.07. The van der Waals surface area contributed by atoms with Gasteiger partial charge >= 0.3 is 0 Å². The van der Waals surface area contributed by atoms with E-state index in [4.69, 9.17) is 16.6 Å². The molecule has 0 radical (unpaired) electrons. The maximum Gasteiger partial charge on any atom is 0.235 e. The van der Waals surface area contributed by atoms with E-state index in [1.54, 1.807) is 0 Å². The van der Waals surface area contributed by atoms with Gasteiger partial charge in [-0.3, -0.25) is 4.90 Å². The van der Waals surface area contributed by atoms with Crippen molar-refractivity contribution in [2.24, 2.45) is 4.99 Å². The second-order valence-corrected chi connectivity index (χ2v) is 5.54. The second-order valence-electron chi connectivity index (χ2n) is 5.10. The molecule has 3 nitrogen and oxygen atoms in total. The van der Waals surface area contributed by atoms with Crippen molar-refractivity contribution in [3.8, 4) is 0 Å². The van der Waals surface area contributed by atoms with E-state index in [0.29, 0.717) is 5.02 Å². The van der Waals surface area contributed by atoms with Crippen LogP contribution in [-0.4, -0.2) is 18.9 Å². The van der Waals surface area contributed by atoms with Crippen LogP contribution in [0.5, 0.6) is 0 Å². The number of hydrogen-bond acceptors (Lipinski definition) is 2. The van der Waals surface area contributed by atoms with Crippen LogP contribution in [0.4, 0.5) is 17.1 Å².